The molecule has 0 bridgehead atoms. The Balaban J connectivity index is 1.71. The van der Waals surface area contributed by atoms with Crippen LogP contribution in [0.4, 0.5) is 4.79 Å². The van der Waals surface area contributed by atoms with E-state index in [0.717, 1.165) is 20.5 Å². The maximum atomic E-state index is 12.4. The first-order valence-electron chi connectivity index (χ1n) is 7.59. The summed E-state index contributed by atoms with van der Waals surface area (Å²) in [5.41, 5.74) is 2.11. The number of hydrogen-bond acceptors (Lipinski definition) is 2. The van der Waals surface area contributed by atoms with Crippen molar-refractivity contribution in [3.63, 3.8) is 0 Å². The first kappa shape index (κ1) is 16.7. The molecule has 2 aromatic carbocycles. The molecule has 0 aliphatic rings. The monoisotopic (exact) mass is 400 g/mol. The molecule has 5 heteroatoms. The van der Waals surface area contributed by atoms with E-state index in [4.69, 9.17) is 0 Å². The third-order valence-corrected chi connectivity index (χ3v) is 5.28. The Morgan fingerprint density at radius 3 is 2.08 bits per heavy atom. The fraction of sp³-hybridized carbons (Fsp3) is 0.105. The van der Waals surface area contributed by atoms with E-state index in [9.17, 15) is 4.79 Å². The van der Waals surface area contributed by atoms with Crippen LogP contribution in [0.3, 0.4) is 0 Å². The van der Waals surface area contributed by atoms with Gasteiger partial charge in [0.2, 0.25) is 0 Å². The lowest BCUT2D eigenvalue weighted by molar-refractivity contribution is 0.238. The van der Waals surface area contributed by atoms with Gasteiger partial charge in [0.1, 0.15) is 0 Å². The highest BCUT2D eigenvalue weighted by molar-refractivity contribution is 9.10. The van der Waals surface area contributed by atoms with Gasteiger partial charge in [-0.3, -0.25) is 0 Å². The van der Waals surface area contributed by atoms with Gasteiger partial charge in [0.15, 0.2) is 0 Å². The van der Waals surface area contributed by atoms with Crippen molar-refractivity contribution in [3.05, 3.63) is 92.6 Å². The minimum Gasteiger partial charge on any atom is -0.333 e. The zero-order valence-electron chi connectivity index (χ0n) is 12.9. The fourth-order valence-corrected chi connectivity index (χ4v) is 3.84. The molecule has 0 aliphatic carbocycles. The van der Waals surface area contributed by atoms with Crippen LogP contribution in [-0.4, -0.2) is 6.03 Å². The Morgan fingerprint density at radius 2 is 1.58 bits per heavy atom. The second kappa shape index (κ2) is 8.13. The summed E-state index contributed by atoms with van der Waals surface area (Å²) in [7, 11) is 0. The molecule has 0 saturated heterocycles. The molecule has 0 radical (unpaired) electrons. The molecule has 0 atom stereocenters. The topological polar surface area (TPSA) is 41.1 Å². The lowest BCUT2D eigenvalue weighted by atomic mass is 9.99. The quantitative estimate of drug-likeness (QED) is 0.614. The Morgan fingerprint density at radius 1 is 1.00 bits per heavy atom. The highest BCUT2D eigenvalue weighted by atomic mass is 79.9. The molecular weight excluding hydrogens is 384 g/mol. The molecule has 0 spiro atoms. The van der Waals surface area contributed by atoms with Crippen molar-refractivity contribution in [3.8, 4) is 0 Å². The largest absolute Gasteiger partial charge is 0.333 e. The van der Waals surface area contributed by atoms with Crippen LogP contribution in [-0.2, 0) is 6.54 Å². The molecule has 3 nitrogen and oxygen atoms in total. The summed E-state index contributed by atoms with van der Waals surface area (Å²) in [5, 5.41) is 8.00. The highest BCUT2D eigenvalue weighted by Crippen LogP contribution is 2.22. The molecule has 1 heterocycles. The maximum Gasteiger partial charge on any atom is 0.315 e. The fourth-order valence-electron chi connectivity index (χ4n) is 2.45. The number of amides is 2. The maximum absolute atomic E-state index is 12.4. The van der Waals surface area contributed by atoms with Crippen LogP contribution in [0, 0.1) is 0 Å². The first-order chi connectivity index (χ1) is 11.7. The smallest absolute Gasteiger partial charge is 0.315 e. The van der Waals surface area contributed by atoms with Crippen molar-refractivity contribution >= 4 is 33.3 Å². The van der Waals surface area contributed by atoms with Crippen LogP contribution in [0.15, 0.2) is 76.6 Å². The van der Waals surface area contributed by atoms with Crippen LogP contribution < -0.4 is 10.6 Å². The molecule has 24 heavy (non-hydrogen) atoms. The number of carbonyl (C=O) groups excluding carboxylic acids is 1. The van der Waals surface area contributed by atoms with Crippen molar-refractivity contribution in [1.29, 1.82) is 0 Å². The van der Waals surface area contributed by atoms with Crippen molar-refractivity contribution in [2.45, 2.75) is 12.6 Å². The molecule has 3 rings (SSSR count). The predicted octanol–water partition coefficient (Wildman–Crippen LogP) is 5.10. The van der Waals surface area contributed by atoms with Gasteiger partial charge in [-0.15, -0.1) is 11.3 Å². The normalized spacial score (nSPS) is 10.6. The first-order valence-corrected chi connectivity index (χ1v) is 9.27. The van der Waals surface area contributed by atoms with Gasteiger partial charge >= 0.3 is 6.03 Å². The molecule has 1 aromatic heterocycles. The van der Waals surface area contributed by atoms with Crippen LogP contribution in [0.5, 0.6) is 0 Å². The number of carbonyl (C=O) groups is 1. The summed E-state index contributed by atoms with van der Waals surface area (Å²) in [6, 6.07) is 21.6. The lowest BCUT2D eigenvalue weighted by Gasteiger charge is -2.20. The van der Waals surface area contributed by atoms with Crippen LogP contribution in [0.1, 0.15) is 22.0 Å². The van der Waals surface area contributed by atoms with Crippen LogP contribution in [0.25, 0.3) is 0 Å². The van der Waals surface area contributed by atoms with Gasteiger partial charge < -0.3 is 10.6 Å². The van der Waals surface area contributed by atoms with E-state index in [1.165, 1.54) is 0 Å². The number of urea groups is 1. The van der Waals surface area contributed by atoms with E-state index >= 15 is 0 Å². The van der Waals surface area contributed by atoms with E-state index in [1.807, 2.05) is 72.1 Å². The van der Waals surface area contributed by atoms with Gasteiger partial charge in [-0.25, -0.2) is 4.79 Å². The summed E-state index contributed by atoms with van der Waals surface area (Å²) in [6.07, 6.45) is 0. The number of halogens is 1. The van der Waals surface area contributed by atoms with Gasteiger partial charge in [0.05, 0.1) is 12.6 Å². The number of thiophene rings is 1. The lowest BCUT2D eigenvalue weighted by Crippen LogP contribution is -2.37. The Labute approximate surface area is 153 Å². The third kappa shape index (κ3) is 4.46. The van der Waals surface area contributed by atoms with Crippen molar-refractivity contribution in [1.82, 2.24) is 10.6 Å². The minimum absolute atomic E-state index is 0.178. The van der Waals surface area contributed by atoms with E-state index in [1.54, 1.807) is 11.3 Å². The molecule has 0 unspecified atom stereocenters. The molecule has 0 aliphatic heterocycles. The van der Waals surface area contributed by atoms with Gasteiger partial charge in [-0.2, -0.15) is 0 Å². The Hall–Kier alpha value is -2.11. The van der Waals surface area contributed by atoms with Gasteiger partial charge in [0.25, 0.3) is 0 Å². The predicted molar refractivity (Wildman–Crippen MR) is 102 cm³/mol. The molecule has 0 saturated carbocycles. The summed E-state index contributed by atoms with van der Waals surface area (Å²) in [4.78, 5) is 13.5. The summed E-state index contributed by atoms with van der Waals surface area (Å²) in [5.74, 6) is 0. The van der Waals surface area contributed by atoms with Crippen molar-refractivity contribution < 1.29 is 4.79 Å². The summed E-state index contributed by atoms with van der Waals surface area (Å²) >= 11 is 5.04. The average molecular weight is 401 g/mol. The van der Waals surface area contributed by atoms with E-state index in [2.05, 4.69) is 26.6 Å². The van der Waals surface area contributed by atoms with Crippen molar-refractivity contribution in [2.75, 3.05) is 0 Å². The number of rotatable bonds is 5. The minimum atomic E-state index is -0.183. The van der Waals surface area contributed by atoms with Crippen LogP contribution >= 0.6 is 27.3 Å². The number of hydrogen-bond donors (Lipinski definition) is 2. The average Bonchev–Trinajstić information content (AvgIpc) is 3.05. The summed E-state index contributed by atoms with van der Waals surface area (Å²) in [6.45, 7) is 0.512. The van der Waals surface area contributed by atoms with Crippen LogP contribution in [0.2, 0.25) is 0 Å². The molecule has 2 N–H and O–H groups in total. The standard InChI is InChI=1S/C19H17BrN2OS/c20-16-11-17(24-13-16)12-21-19(23)22-18(14-7-3-1-4-8-14)15-9-5-2-6-10-15/h1-11,13,18H,12H2,(H2,21,22,23). The van der Waals surface area contributed by atoms with Gasteiger partial charge in [-0.05, 0) is 33.1 Å². The van der Waals surface area contributed by atoms with Crippen molar-refractivity contribution in [2.24, 2.45) is 0 Å². The molecule has 2 amide bonds. The molecule has 0 fully saturated rings. The SMILES string of the molecule is O=C(NCc1cc(Br)cs1)NC(c1ccccc1)c1ccccc1. The molecular formula is C19H17BrN2OS. The number of nitrogens with one attached hydrogen (secondary N) is 2. The van der Waals surface area contributed by atoms with Gasteiger partial charge in [0, 0.05) is 14.7 Å². The van der Waals surface area contributed by atoms with Gasteiger partial charge in [-0.1, -0.05) is 60.7 Å². The Kier molecular flexibility index (Phi) is 5.67. The number of benzene rings is 2. The third-order valence-electron chi connectivity index (χ3n) is 3.59. The Bertz CT molecular complexity index is 750. The molecule has 122 valence electrons. The highest BCUT2D eigenvalue weighted by Gasteiger charge is 2.16. The zero-order valence-corrected chi connectivity index (χ0v) is 15.3. The second-order valence-electron chi connectivity index (χ2n) is 5.31. The van der Waals surface area contributed by atoms with E-state index in [0.29, 0.717) is 6.54 Å². The second-order valence-corrected chi connectivity index (χ2v) is 7.22. The van der Waals surface area contributed by atoms with E-state index in [-0.39, 0.29) is 12.1 Å². The zero-order chi connectivity index (χ0) is 16.8. The van der Waals surface area contributed by atoms with E-state index < -0.39 is 0 Å². The molecule has 3 aromatic rings. The summed E-state index contributed by atoms with van der Waals surface area (Å²) < 4.78 is 1.04.